The highest BCUT2D eigenvalue weighted by Gasteiger charge is 2.30. The van der Waals surface area contributed by atoms with Gasteiger partial charge in [0.05, 0.1) is 12.7 Å². The minimum atomic E-state index is -4.45. The number of ether oxygens (including phenoxy) is 4. The maximum absolute atomic E-state index is 12.5. The molecule has 0 aliphatic heterocycles. The Balaban J connectivity index is 1.94. The lowest BCUT2D eigenvalue weighted by molar-refractivity contribution is -0.137. The van der Waals surface area contributed by atoms with Crippen LogP contribution in [0.5, 0.6) is 17.4 Å². The Morgan fingerprint density at radius 3 is 2.15 bits per heavy atom. The van der Waals surface area contributed by atoms with E-state index in [9.17, 15) is 18.0 Å². The summed E-state index contributed by atoms with van der Waals surface area (Å²) >= 11 is 0. The molecule has 6 nitrogen and oxygen atoms in total. The summed E-state index contributed by atoms with van der Waals surface area (Å²) < 4.78 is 58.0. The molecule has 0 saturated carbocycles. The van der Waals surface area contributed by atoms with Crippen molar-refractivity contribution in [2.45, 2.75) is 32.2 Å². The van der Waals surface area contributed by atoms with Crippen molar-refractivity contribution in [2.24, 2.45) is 0 Å². The SMILES string of the molecule is COC(=O)OC(C)C(C)Oc1ccc(Oc2ccc(C(F)(F)F)cn2)cc1. The second kappa shape index (κ2) is 8.61. The Bertz CT molecular complexity index is 747. The summed E-state index contributed by atoms with van der Waals surface area (Å²) in [6, 6.07) is 8.41. The highest BCUT2D eigenvalue weighted by molar-refractivity contribution is 5.59. The molecule has 0 amide bonds. The number of carbonyl (C=O) groups excluding carboxylic acids is 1. The van der Waals surface area contributed by atoms with Crippen molar-refractivity contribution in [3.05, 3.63) is 48.2 Å². The summed E-state index contributed by atoms with van der Waals surface area (Å²) in [7, 11) is 1.21. The smallest absolute Gasteiger partial charge is 0.487 e. The Morgan fingerprint density at radius 1 is 1.00 bits per heavy atom. The quantitative estimate of drug-likeness (QED) is 0.664. The van der Waals surface area contributed by atoms with E-state index in [0.717, 1.165) is 12.1 Å². The number of halogens is 3. The molecule has 1 heterocycles. The lowest BCUT2D eigenvalue weighted by Gasteiger charge is -2.21. The van der Waals surface area contributed by atoms with Crippen LogP contribution in [-0.4, -0.2) is 30.5 Å². The number of rotatable bonds is 6. The van der Waals surface area contributed by atoms with Crippen LogP contribution in [0.15, 0.2) is 42.6 Å². The van der Waals surface area contributed by atoms with Gasteiger partial charge in [0, 0.05) is 12.3 Å². The summed E-state index contributed by atoms with van der Waals surface area (Å²) in [5, 5.41) is 0. The van der Waals surface area contributed by atoms with E-state index in [4.69, 9.17) is 14.2 Å². The second-order valence-corrected chi connectivity index (χ2v) is 5.56. The number of benzene rings is 1. The molecule has 0 N–H and O–H groups in total. The zero-order valence-corrected chi connectivity index (χ0v) is 14.8. The molecule has 2 aromatic rings. The van der Waals surface area contributed by atoms with Crippen molar-refractivity contribution in [1.29, 1.82) is 0 Å². The molecule has 2 unspecified atom stereocenters. The van der Waals surface area contributed by atoms with Crippen LogP contribution in [0.1, 0.15) is 19.4 Å². The summed E-state index contributed by atoms with van der Waals surface area (Å²) in [5.41, 5.74) is -0.851. The maximum Gasteiger partial charge on any atom is 0.508 e. The fourth-order valence-corrected chi connectivity index (χ4v) is 1.92. The van der Waals surface area contributed by atoms with Gasteiger partial charge in [-0.1, -0.05) is 0 Å². The number of methoxy groups -OCH3 is 1. The highest BCUT2D eigenvalue weighted by Crippen LogP contribution is 2.30. The average molecular weight is 385 g/mol. The van der Waals surface area contributed by atoms with Gasteiger partial charge in [-0.05, 0) is 44.2 Å². The molecule has 0 aliphatic carbocycles. The lowest BCUT2D eigenvalue weighted by Crippen LogP contribution is -2.30. The van der Waals surface area contributed by atoms with Crippen LogP contribution in [0.3, 0.4) is 0 Å². The summed E-state index contributed by atoms with van der Waals surface area (Å²) in [6.45, 7) is 3.39. The van der Waals surface area contributed by atoms with E-state index in [1.54, 1.807) is 38.1 Å². The van der Waals surface area contributed by atoms with Gasteiger partial charge in [-0.3, -0.25) is 0 Å². The van der Waals surface area contributed by atoms with Crippen molar-refractivity contribution in [3.8, 4) is 17.4 Å². The second-order valence-electron chi connectivity index (χ2n) is 5.56. The van der Waals surface area contributed by atoms with Gasteiger partial charge in [0.25, 0.3) is 0 Å². The minimum absolute atomic E-state index is 0.0325. The molecular formula is C18H18F3NO5. The van der Waals surface area contributed by atoms with E-state index in [0.29, 0.717) is 17.7 Å². The first-order valence-electron chi connectivity index (χ1n) is 7.91. The molecular weight excluding hydrogens is 367 g/mol. The summed E-state index contributed by atoms with van der Waals surface area (Å²) in [4.78, 5) is 14.7. The molecule has 2 atom stereocenters. The Morgan fingerprint density at radius 2 is 1.63 bits per heavy atom. The molecule has 0 saturated heterocycles. The summed E-state index contributed by atoms with van der Waals surface area (Å²) in [6.07, 6.45) is -5.52. The summed E-state index contributed by atoms with van der Waals surface area (Å²) in [5.74, 6) is 0.904. The number of aromatic nitrogens is 1. The zero-order valence-electron chi connectivity index (χ0n) is 14.8. The molecule has 0 bridgehead atoms. The zero-order chi connectivity index (χ0) is 20.0. The average Bonchev–Trinajstić information content (AvgIpc) is 2.62. The first-order chi connectivity index (χ1) is 12.7. The first-order valence-corrected chi connectivity index (χ1v) is 7.91. The van der Waals surface area contributed by atoms with Crippen LogP contribution < -0.4 is 9.47 Å². The third-order valence-electron chi connectivity index (χ3n) is 3.54. The van der Waals surface area contributed by atoms with Gasteiger partial charge in [-0.25, -0.2) is 9.78 Å². The molecule has 9 heteroatoms. The fraction of sp³-hybridized carbons (Fsp3) is 0.333. The van der Waals surface area contributed by atoms with Crippen LogP contribution in [0.4, 0.5) is 18.0 Å². The van der Waals surface area contributed by atoms with Crippen molar-refractivity contribution in [1.82, 2.24) is 4.98 Å². The van der Waals surface area contributed by atoms with Gasteiger partial charge >= 0.3 is 12.3 Å². The van der Waals surface area contributed by atoms with Crippen LogP contribution in [-0.2, 0) is 15.7 Å². The van der Waals surface area contributed by atoms with Crippen molar-refractivity contribution >= 4 is 6.16 Å². The fourth-order valence-electron chi connectivity index (χ4n) is 1.92. The van der Waals surface area contributed by atoms with E-state index in [-0.39, 0.29) is 5.88 Å². The van der Waals surface area contributed by atoms with E-state index in [2.05, 4.69) is 9.72 Å². The predicted octanol–water partition coefficient (Wildman–Crippen LogP) is 4.83. The minimum Gasteiger partial charge on any atom is -0.487 e. The Kier molecular flexibility index (Phi) is 6.49. The van der Waals surface area contributed by atoms with Crippen molar-refractivity contribution < 1.29 is 36.9 Å². The monoisotopic (exact) mass is 385 g/mol. The normalized spacial score (nSPS) is 13.4. The topological polar surface area (TPSA) is 66.9 Å². The molecule has 0 aliphatic rings. The predicted molar refractivity (Wildman–Crippen MR) is 88.8 cm³/mol. The van der Waals surface area contributed by atoms with Crippen molar-refractivity contribution in [3.63, 3.8) is 0 Å². The third-order valence-corrected chi connectivity index (χ3v) is 3.54. The van der Waals surface area contributed by atoms with E-state index >= 15 is 0 Å². The van der Waals surface area contributed by atoms with Crippen LogP contribution in [0.25, 0.3) is 0 Å². The largest absolute Gasteiger partial charge is 0.508 e. The van der Waals surface area contributed by atoms with Gasteiger partial charge in [-0.15, -0.1) is 0 Å². The standard InChI is InChI=1S/C18H18F3NO5/c1-11(12(2)26-17(23)24-3)25-14-5-7-15(8-6-14)27-16-9-4-13(10-22-16)18(19,20)21/h4-12H,1-3H3. The van der Waals surface area contributed by atoms with Gasteiger partial charge in [0.1, 0.15) is 23.7 Å². The number of carbonyl (C=O) groups is 1. The Hall–Kier alpha value is -2.97. The molecule has 0 radical (unpaired) electrons. The number of pyridine rings is 1. The Labute approximate surface area is 153 Å². The van der Waals surface area contributed by atoms with Gasteiger partial charge in [-0.2, -0.15) is 13.2 Å². The molecule has 1 aromatic heterocycles. The number of alkyl halides is 3. The molecule has 1 aromatic carbocycles. The van der Waals surface area contributed by atoms with E-state index in [1.165, 1.54) is 7.11 Å². The van der Waals surface area contributed by atoms with Crippen LogP contribution in [0, 0.1) is 0 Å². The number of hydrogen-bond donors (Lipinski definition) is 0. The van der Waals surface area contributed by atoms with Gasteiger partial charge in [0.15, 0.2) is 0 Å². The maximum atomic E-state index is 12.5. The molecule has 0 fully saturated rings. The number of hydrogen-bond acceptors (Lipinski definition) is 6. The number of nitrogens with zero attached hydrogens (tertiary/aromatic N) is 1. The van der Waals surface area contributed by atoms with E-state index in [1.807, 2.05) is 0 Å². The third kappa shape index (κ3) is 6.05. The van der Waals surface area contributed by atoms with Crippen LogP contribution >= 0.6 is 0 Å². The van der Waals surface area contributed by atoms with Gasteiger partial charge < -0.3 is 18.9 Å². The lowest BCUT2D eigenvalue weighted by atomic mass is 10.2. The highest BCUT2D eigenvalue weighted by atomic mass is 19.4. The molecule has 2 rings (SSSR count). The van der Waals surface area contributed by atoms with Gasteiger partial charge in [0.2, 0.25) is 5.88 Å². The molecule has 27 heavy (non-hydrogen) atoms. The molecule has 146 valence electrons. The van der Waals surface area contributed by atoms with E-state index < -0.39 is 30.1 Å². The van der Waals surface area contributed by atoms with Crippen LogP contribution in [0.2, 0.25) is 0 Å². The van der Waals surface area contributed by atoms with Crippen molar-refractivity contribution in [2.75, 3.05) is 7.11 Å². The molecule has 0 spiro atoms. The first kappa shape index (κ1) is 20.3.